The number of likely N-dealkylation sites (tertiary alicyclic amines) is 1. The highest BCUT2D eigenvalue weighted by Gasteiger charge is 2.24. The van der Waals surface area contributed by atoms with Crippen LogP contribution in [0.25, 0.3) is 0 Å². The Labute approximate surface area is 138 Å². The Balaban J connectivity index is 1.62. The number of rotatable bonds is 3. The average molecular weight is 317 g/mol. The molecule has 2 fully saturated rings. The highest BCUT2D eigenvalue weighted by molar-refractivity contribution is 5.92. The van der Waals surface area contributed by atoms with Crippen LogP contribution in [0.15, 0.2) is 12.1 Å². The second kappa shape index (κ2) is 7.25. The van der Waals surface area contributed by atoms with E-state index in [0.29, 0.717) is 11.6 Å². The number of nitrogens with zero attached hydrogens (tertiary/aromatic N) is 5. The zero-order valence-electron chi connectivity index (χ0n) is 14.2. The third-order valence-electron chi connectivity index (χ3n) is 4.96. The molecule has 1 aromatic heterocycles. The Morgan fingerprint density at radius 3 is 2.57 bits per heavy atom. The smallest absolute Gasteiger partial charge is 0.274 e. The molecule has 0 aliphatic carbocycles. The van der Waals surface area contributed by atoms with Crippen LogP contribution >= 0.6 is 0 Å². The van der Waals surface area contributed by atoms with Gasteiger partial charge in [-0.25, -0.2) is 0 Å². The van der Waals surface area contributed by atoms with Gasteiger partial charge in [0.15, 0.2) is 11.5 Å². The third-order valence-corrected chi connectivity index (χ3v) is 4.96. The number of aromatic nitrogens is 2. The molecule has 0 saturated carbocycles. The van der Waals surface area contributed by atoms with Gasteiger partial charge < -0.3 is 14.7 Å². The summed E-state index contributed by atoms with van der Waals surface area (Å²) < 4.78 is 0. The van der Waals surface area contributed by atoms with Crippen LogP contribution in [-0.4, -0.2) is 71.7 Å². The molecule has 0 aromatic carbocycles. The Bertz CT molecular complexity index is 524. The molecule has 3 rings (SSSR count). The summed E-state index contributed by atoms with van der Waals surface area (Å²) >= 11 is 0. The number of hydrogen-bond acceptors (Lipinski definition) is 5. The fourth-order valence-corrected chi connectivity index (χ4v) is 3.44. The van der Waals surface area contributed by atoms with Crippen molar-refractivity contribution in [1.82, 2.24) is 20.0 Å². The van der Waals surface area contributed by atoms with Crippen LogP contribution in [0.2, 0.25) is 0 Å². The quantitative estimate of drug-likeness (QED) is 0.845. The lowest BCUT2D eigenvalue weighted by Gasteiger charge is -2.34. The van der Waals surface area contributed by atoms with Crippen molar-refractivity contribution in [2.24, 2.45) is 5.92 Å². The van der Waals surface area contributed by atoms with E-state index in [1.165, 1.54) is 6.42 Å². The normalized spacial score (nSPS) is 23.1. The summed E-state index contributed by atoms with van der Waals surface area (Å²) in [4.78, 5) is 19.1. The van der Waals surface area contributed by atoms with Crippen LogP contribution in [0.5, 0.6) is 0 Å². The number of anilines is 1. The van der Waals surface area contributed by atoms with Gasteiger partial charge in [-0.05, 0) is 37.4 Å². The minimum Gasteiger partial charge on any atom is -0.353 e. The van der Waals surface area contributed by atoms with E-state index in [9.17, 15) is 4.79 Å². The van der Waals surface area contributed by atoms with E-state index in [1.54, 1.807) is 0 Å². The molecule has 1 amide bonds. The van der Waals surface area contributed by atoms with E-state index in [1.807, 2.05) is 17.0 Å². The minimum atomic E-state index is 0.0198. The lowest BCUT2D eigenvalue weighted by atomic mass is 10.00. The fourth-order valence-electron chi connectivity index (χ4n) is 3.44. The van der Waals surface area contributed by atoms with Crippen molar-refractivity contribution in [2.45, 2.75) is 26.7 Å². The number of carbonyl (C=O) groups is 1. The van der Waals surface area contributed by atoms with Gasteiger partial charge in [0.1, 0.15) is 0 Å². The van der Waals surface area contributed by atoms with Crippen molar-refractivity contribution in [3.63, 3.8) is 0 Å². The van der Waals surface area contributed by atoms with Gasteiger partial charge in [0.25, 0.3) is 5.91 Å². The molecule has 6 heteroatoms. The second-order valence-electron chi connectivity index (χ2n) is 6.70. The molecule has 0 bridgehead atoms. The molecule has 0 N–H and O–H groups in total. The molecule has 126 valence electrons. The molecule has 2 saturated heterocycles. The number of piperidine rings is 1. The van der Waals surface area contributed by atoms with Gasteiger partial charge in [0.05, 0.1) is 0 Å². The standard InChI is InChI=1S/C17H27N5O/c1-3-20-9-11-21(12-10-20)16-7-6-15(18-19-16)17(23)22-8-4-5-14(2)13-22/h6-7,14H,3-5,8-13H2,1-2H3. The van der Waals surface area contributed by atoms with Crippen molar-refractivity contribution in [3.05, 3.63) is 17.8 Å². The average Bonchev–Trinajstić information content (AvgIpc) is 2.61. The molecule has 0 radical (unpaired) electrons. The van der Waals surface area contributed by atoms with E-state index in [-0.39, 0.29) is 5.91 Å². The summed E-state index contributed by atoms with van der Waals surface area (Å²) in [7, 11) is 0. The van der Waals surface area contributed by atoms with Gasteiger partial charge in [-0.2, -0.15) is 0 Å². The van der Waals surface area contributed by atoms with Gasteiger partial charge in [-0.1, -0.05) is 13.8 Å². The molecular formula is C17H27N5O. The summed E-state index contributed by atoms with van der Waals surface area (Å²) in [6, 6.07) is 3.77. The van der Waals surface area contributed by atoms with Gasteiger partial charge in [-0.15, -0.1) is 10.2 Å². The lowest BCUT2D eigenvalue weighted by molar-refractivity contribution is 0.0676. The molecule has 6 nitrogen and oxygen atoms in total. The maximum atomic E-state index is 12.5. The minimum absolute atomic E-state index is 0.0198. The van der Waals surface area contributed by atoms with Crippen LogP contribution in [0.1, 0.15) is 37.2 Å². The largest absolute Gasteiger partial charge is 0.353 e. The molecule has 0 spiro atoms. The fraction of sp³-hybridized carbons (Fsp3) is 0.706. The van der Waals surface area contributed by atoms with E-state index in [0.717, 1.165) is 58.1 Å². The summed E-state index contributed by atoms with van der Waals surface area (Å²) in [5.74, 6) is 1.48. The number of likely N-dealkylation sites (N-methyl/N-ethyl adjacent to an activating group) is 1. The van der Waals surface area contributed by atoms with Crippen LogP contribution in [0.4, 0.5) is 5.82 Å². The van der Waals surface area contributed by atoms with E-state index < -0.39 is 0 Å². The summed E-state index contributed by atoms with van der Waals surface area (Å²) in [5.41, 5.74) is 0.468. The van der Waals surface area contributed by atoms with E-state index >= 15 is 0 Å². The SMILES string of the molecule is CCN1CCN(c2ccc(C(=O)N3CCCC(C)C3)nn2)CC1. The Kier molecular flexibility index (Phi) is 5.10. The van der Waals surface area contributed by atoms with E-state index in [4.69, 9.17) is 0 Å². The Morgan fingerprint density at radius 1 is 1.17 bits per heavy atom. The first-order valence-electron chi connectivity index (χ1n) is 8.77. The number of amides is 1. The Hall–Kier alpha value is -1.69. The van der Waals surface area contributed by atoms with Crippen molar-refractivity contribution < 1.29 is 4.79 Å². The number of hydrogen-bond donors (Lipinski definition) is 0. The van der Waals surface area contributed by atoms with Gasteiger partial charge in [-0.3, -0.25) is 4.79 Å². The van der Waals surface area contributed by atoms with Crippen molar-refractivity contribution in [2.75, 3.05) is 50.7 Å². The second-order valence-corrected chi connectivity index (χ2v) is 6.70. The summed E-state index contributed by atoms with van der Waals surface area (Å²) in [6.45, 7) is 11.2. The molecule has 1 unspecified atom stereocenters. The maximum absolute atomic E-state index is 12.5. The first-order chi connectivity index (χ1) is 11.2. The third kappa shape index (κ3) is 3.80. The zero-order valence-corrected chi connectivity index (χ0v) is 14.2. The summed E-state index contributed by atoms with van der Waals surface area (Å²) in [5, 5.41) is 8.49. The van der Waals surface area contributed by atoms with Gasteiger partial charge >= 0.3 is 0 Å². The molecule has 23 heavy (non-hydrogen) atoms. The molecule has 2 aliphatic rings. The molecule has 2 aliphatic heterocycles. The lowest BCUT2D eigenvalue weighted by Crippen LogP contribution is -2.46. The topological polar surface area (TPSA) is 52.6 Å². The monoisotopic (exact) mass is 317 g/mol. The van der Waals surface area contributed by atoms with Crippen LogP contribution in [0.3, 0.4) is 0 Å². The van der Waals surface area contributed by atoms with Crippen molar-refractivity contribution >= 4 is 11.7 Å². The molecular weight excluding hydrogens is 290 g/mol. The van der Waals surface area contributed by atoms with Crippen LogP contribution < -0.4 is 4.90 Å². The number of piperazine rings is 1. The van der Waals surface area contributed by atoms with Crippen molar-refractivity contribution in [1.29, 1.82) is 0 Å². The van der Waals surface area contributed by atoms with E-state index in [2.05, 4.69) is 33.8 Å². The molecule has 1 aromatic rings. The number of carbonyl (C=O) groups excluding carboxylic acids is 1. The summed E-state index contributed by atoms with van der Waals surface area (Å²) in [6.07, 6.45) is 2.29. The first-order valence-corrected chi connectivity index (χ1v) is 8.77. The predicted octanol–water partition coefficient (Wildman–Crippen LogP) is 1.49. The van der Waals surface area contributed by atoms with Crippen molar-refractivity contribution in [3.8, 4) is 0 Å². The molecule has 3 heterocycles. The van der Waals surface area contributed by atoms with Gasteiger partial charge in [0.2, 0.25) is 0 Å². The highest BCUT2D eigenvalue weighted by atomic mass is 16.2. The highest BCUT2D eigenvalue weighted by Crippen LogP contribution is 2.18. The van der Waals surface area contributed by atoms with Gasteiger partial charge in [0, 0.05) is 39.3 Å². The molecule has 1 atom stereocenters. The Morgan fingerprint density at radius 2 is 1.96 bits per heavy atom. The predicted molar refractivity (Wildman–Crippen MR) is 90.7 cm³/mol. The van der Waals surface area contributed by atoms with Crippen LogP contribution in [0, 0.1) is 5.92 Å². The first kappa shape index (κ1) is 16.2. The van der Waals surface area contributed by atoms with Crippen LogP contribution in [-0.2, 0) is 0 Å². The maximum Gasteiger partial charge on any atom is 0.274 e. The zero-order chi connectivity index (χ0) is 16.2.